The fraction of sp³-hybridized carbons (Fsp3) is 0.833. The first-order valence-corrected chi connectivity index (χ1v) is 7.35. The molecule has 0 saturated carbocycles. The molecule has 0 amide bonds. The third-order valence-electron chi connectivity index (χ3n) is 3.69. The molecular weight excluding hydrogens is 232 g/mol. The number of aromatic nitrogens is 2. The zero-order valence-corrected chi connectivity index (χ0v) is 11.5. The summed E-state index contributed by atoms with van der Waals surface area (Å²) in [5.41, 5.74) is 5.90. The van der Waals surface area contributed by atoms with Crippen LogP contribution < -0.4 is 10.6 Å². The van der Waals surface area contributed by atoms with Crippen LogP contribution >= 0.6 is 11.5 Å². The third kappa shape index (κ3) is 2.77. The van der Waals surface area contributed by atoms with Gasteiger partial charge in [-0.3, -0.25) is 0 Å². The van der Waals surface area contributed by atoms with Crippen LogP contribution in [0.25, 0.3) is 0 Å². The number of rotatable bonds is 4. The van der Waals surface area contributed by atoms with Gasteiger partial charge >= 0.3 is 0 Å². The van der Waals surface area contributed by atoms with Gasteiger partial charge in [-0.05, 0) is 18.8 Å². The number of hydrogen-bond donors (Lipinski definition) is 1. The topological polar surface area (TPSA) is 55.0 Å². The second-order valence-electron chi connectivity index (χ2n) is 4.73. The molecule has 1 aromatic rings. The lowest BCUT2D eigenvalue weighted by molar-refractivity contribution is 0.335. The number of anilines is 1. The van der Waals surface area contributed by atoms with E-state index in [0.29, 0.717) is 6.04 Å². The zero-order chi connectivity index (χ0) is 12.3. The Morgan fingerprint density at radius 1 is 1.47 bits per heavy atom. The van der Waals surface area contributed by atoms with Gasteiger partial charge in [0.05, 0.1) is 0 Å². The maximum atomic E-state index is 5.90. The zero-order valence-electron chi connectivity index (χ0n) is 10.7. The molecule has 2 unspecified atom stereocenters. The highest BCUT2D eigenvalue weighted by Gasteiger charge is 2.28. The van der Waals surface area contributed by atoms with Crippen molar-refractivity contribution in [1.82, 2.24) is 9.36 Å². The molecule has 2 rings (SSSR count). The van der Waals surface area contributed by atoms with Gasteiger partial charge in [-0.2, -0.15) is 4.37 Å². The minimum Gasteiger partial charge on any atom is -0.343 e. The van der Waals surface area contributed by atoms with Gasteiger partial charge < -0.3 is 10.6 Å². The average Bonchev–Trinajstić information content (AvgIpc) is 2.86. The largest absolute Gasteiger partial charge is 0.343 e. The van der Waals surface area contributed by atoms with Crippen molar-refractivity contribution in [3.63, 3.8) is 0 Å². The summed E-state index contributed by atoms with van der Waals surface area (Å²) in [5.74, 6) is 1.79. The van der Waals surface area contributed by atoms with E-state index in [1.54, 1.807) is 0 Å². The standard InChI is InChI=1S/C12H22N4S/c1-3-9-5-6-16(10(7-9)8-13)12-14-11(4-2)15-17-12/h9-10H,3-8,13H2,1-2H3. The second kappa shape index (κ2) is 5.78. The lowest BCUT2D eigenvalue weighted by atomic mass is 9.89. The van der Waals surface area contributed by atoms with Crippen molar-refractivity contribution in [2.75, 3.05) is 18.0 Å². The number of nitrogens with two attached hydrogens (primary N) is 1. The van der Waals surface area contributed by atoms with E-state index in [1.165, 1.54) is 30.8 Å². The molecule has 1 aromatic heterocycles. The van der Waals surface area contributed by atoms with Crippen LogP contribution in [0.4, 0.5) is 5.13 Å². The minimum atomic E-state index is 0.450. The van der Waals surface area contributed by atoms with Crippen molar-refractivity contribution in [2.24, 2.45) is 11.7 Å². The SMILES string of the molecule is CCc1nsc(N2CCC(CC)CC2CN)n1. The van der Waals surface area contributed by atoms with Crippen LogP contribution in [0.15, 0.2) is 0 Å². The van der Waals surface area contributed by atoms with Gasteiger partial charge in [0, 0.05) is 37.1 Å². The second-order valence-corrected chi connectivity index (χ2v) is 5.46. The highest BCUT2D eigenvalue weighted by Crippen LogP contribution is 2.30. The molecule has 1 aliphatic heterocycles. The van der Waals surface area contributed by atoms with Crippen molar-refractivity contribution >= 4 is 16.7 Å². The van der Waals surface area contributed by atoms with Crippen LogP contribution in [0, 0.1) is 5.92 Å². The maximum absolute atomic E-state index is 5.90. The Kier molecular flexibility index (Phi) is 4.34. The van der Waals surface area contributed by atoms with Gasteiger partial charge in [0.1, 0.15) is 5.82 Å². The van der Waals surface area contributed by atoms with Crippen LogP contribution in [0.2, 0.25) is 0 Å². The molecule has 2 N–H and O–H groups in total. The van der Waals surface area contributed by atoms with E-state index in [9.17, 15) is 0 Å². The van der Waals surface area contributed by atoms with E-state index in [-0.39, 0.29) is 0 Å². The summed E-state index contributed by atoms with van der Waals surface area (Å²) in [7, 11) is 0. The Hall–Kier alpha value is -0.680. The molecule has 1 saturated heterocycles. The fourth-order valence-corrected chi connectivity index (χ4v) is 3.33. The van der Waals surface area contributed by atoms with Crippen LogP contribution in [-0.2, 0) is 6.42 Å². The molecule has 96 valence electrons. The Labute approximate surface area is 107 Å². The van der Waals surface area contributed by atoms with Gasteiger partial charge in [-0.25, -0.2) is 4.98 Å². The normalized spacial score (nSPS) is 25.2. The monoisotopic (exact) mass is 254 g/mol. The molecule has 2 heterocycles. The fourth-order valence-electron chi connectivity index (χ4n) is 2.49. The van der Waals surface area contributed by atoms with E-state index >= 15 is 0 Å². The quantitative estimate of drug-likeness (QED) is 0.893. The van der Waals surface area contributed by atoms with Gasteiger partial charge in [-0.1, -0.05) is 20.3 Å². The molecular formula is C12H22N4S. The Balaban J connectivity index is 2.09. The van der Waals surface area contributed by atoms with Gasteiger partial charge in [0.15, 0.2) is 0 Å². The Morgan fingerprint density at radius 3 is 2.88 bits per heavy atom. The molecule has 1 aliphatic rings. The Bertz CT molecular complexity index is 352. The van der Waals surface area contributed by atoms with Crippen LogP contribution in [0.5, 0.6) is 0 Å². The Morgan fingerprint density at radius 2 is 2.29 bits per heavy atom. The van der Waals surface area contributed by atoms with Crippen LogP contribution in [-0.4, -0.2) is 28.5 Å². The first kappa shape index (κ1) is 12.8. The summed E-state index contributed by atoms with van der Waals surface area (Å²) in [4.78, 5) is 6.94. The smallest absolute Gasteiger partial charge is 0.205 e. The molecule has 0 radical (unpaired) electrons. The summed E-state index contributed by atoms with van der Waals surface area (Å²) >= 11 is 1.52. The summed E-state index contributed by atoms with van der Waals surface area (Å²) in [6.07, 6.45) is 4.64. The summed E-state index contributed by atoms with van der Waals surface area (Å²) in [5, 5.41) is 1.06. The first-order valence-electron chi connectivity index (χ1n) is 6.57. The predicted molar refractivity (Wildman–Crippen MR) is 72.5 cm³/mol. The van der Waals surface area contributed by atoms with E-state index in [4.69, 9.17) is 5.73 Å². The lowest BCUT2D eigenvalue weighted by Crippen LogP contribution is -2.46. The number of aryl methyl sites for hydroxylation is 1. The molecule has 0 aliphatic carbocycles. The van der Waals surface area contributed by atoms with Crippen LogP contribution in [0.3, 0.4) is 0 Å². The molecule has 0 spiro atoms. The first-order chi connectivity index (χ1) is 8.28. The van der Waals surface area contributed by atoms with Crippen molar-refractivity contribution < 1.29 is 0 Å². The molecule has 4 nitrogen and oxygen atoms in total. The highest BCUT2D eigenvalue weighted by atomic mass is 32.1. The molecule has 17 heavy (non-hydrogen) atoms. The van der Waals surface area contributed by atoms with Crippen molar-refractivity contribution in [3.8, 4) is 0 Å². The number of hydrogen-bond acceptors (Lipinski definition) is 5. The van der Waals surface area contributed by atoms with Gasteiger partial charge in [-0.15, -0.1) is 0 Å². The van der Waals surface area contributed by atoms with E-state index in [2.05, 4.69) is 28.1 Å². The van der Waals surface area contributed by atoms with Gasteiger partial charge in [0.25, 0.3) is 0 Å². The predicted octanol–water partition coefficient (Wildman–Crippen LogP) is 2.05. The molecule has 0 bridgehead atoms. The van der Waals surface area contributed by atoms with E-state index in [1.807, 2.05) is 0 Å². The van der Waals surface area contributed by atoms with E-state index in [0.717, 1.165) is 36.4 Å². The minimum absolute atomic E-state index is 0.450. The number of piperidine rings is 1. The van der Waals surface area contributed by atoms with Gasteiger partial charge in [0.2, 0.25) is 5.13 Å². The molecule has 2 atom stereocenters. The van der Waals surface area contributed by atoms with Crippen molar-refractivity contribution in [2.45, 2.75) is 45.6 Å². The number of nitrogens with zero attached hydrogens (tertiary/aromatic N) is 3. The van der Waals surface area contributed by atoms with Crippen molar-refractivity contribution in [3.05, 3.63) is 5.82 Å². The summed E-state index contributed by atoms with van der Waals surface area (Å²) in [6, 6.07) is 0.450. The molecule has 0 aromatic carbocycles. The highest BCUT2D eigenvalue weighted by molar-refractivity contribution is 7.09. The summed E-state index contributed by atoms with van der Waals surface area (Å²) in [6.45, 7) is 6.17. The summed E-state index contributed by atoms with van der Waals surface area (Å²) < 4.78 is 4.37. The average molecular weight is 254 g/mol. The van der Waals surface area contributed by atoms with Crippen LogP contribution in [0.1, 0.15) is 38.9 Å². The van der Waals surface area contributed by atoms with E-state index < -0.39 is 0 Å². The maximum Gasteiger partial charge on any atom is 0.205 e. The third-order valence-corrected chi connectivity index (χ3v) is 4.48. The lowest BCUT2D eigenvalue weighted by Gasteiger charge is -2.38. The molecule has 1 fully saturated rings. The van der Waals surface area contributed by atoms with Crippen molar-refractivity contribution in [1.29, 1.82) is 0 Å². The molecule has 5 heteroatoms.